The maximum absolute atomic E-state index is 12.3. The fraction of sp³-hybridized carbons (Fsp3) is 0.600. The van der Waals surface area contributed by atoms with Crippen LogP contribution in [0.1, 0.15) is 36.5 Å². The van der Waals surface area contributed by atoms with Crippen LogP contribution in [0, 0.1) is 0 Å². The van der Waals surface area contributed by atoms with Crippen molar-refractivity contribution >= 4 is 23.3 Å². The zero-order valence-corrected chi connectivity index (χ0v) is 13.2. The van der Waals surface area contributed by atoms with Crippen LogP contribution >= 0.6 is 11.6 Å². The summed E-state index contributed by atoms with van der Waals surface area (Å²) >= 11 is 6.19. The number of piperidine rings is 1. The van der Waals surface area contributed by atoms with Crippen molar-refractivity contribution in [1.82, 2.24) is 9.88 Å². The molecular formula is C15H22ClN3O2. The highest BCUT2D eigenvalue weighted by Gasteiger charge is 2.19. The average Bonchev–Trinajstić information content (AvgIpc) is 2.53. The summed E-state index contributed by atoms with van der Waals surface area (Å²) in [4.78, 5) is 18.5. The second-order valence-corrected chi connectivity index (χ2v) is 5.44. The normalized spacial score (nSPS) is 15.0. The second kappa shape index (κ2) is 8.20. The number of pyridine rings is 1. The number of nitrogens with one attached hydrogen (secondary N) is 1. The summed E-state index contributed by atoms with van der Waals surface area (Å²) in [5.41, 5.74) is 0.553. The third-order valence-corrected chi connectivity index (χ3v) is 3.76. The van der Waals surface area contributed by atoms with E-state index in [-0.39, 0.29) is 5.91 Å². The quantitative estimate of drug-likeness (QED) is 0.821. The molecule has 2 rings (SSSR count). The lowest BCUT2D eigenvalue weighted by Crippen LogP contribution is -2.35. The van der Waals surface area contributed by atoms with Gasteiger partial charge < -0.3 is 15.0 Å². The molecule has 2 heterocycles. The molecule has 6 heteroatoms. The van der Waals surface area contributed by atoms with E-state index in [1.54, 1.807) is 12.3 Å². The van der Waals surface area contributed by atoms with E-state index in [1.807, 2.05) is 11.8 Å². The van der Waals surface area contributed by atoms with Crippen LogP contribution in [-0.2, 0) is 4.74 Å². The first kappa shape index (κ1) is 16.0. The average molecular weight is 312 g/mol. The molecule has 5 nitrogen and oxygen atoms in total. The Hall–Kier alpha value is -1.33. The number of rotatable bonds is 6. The lowest BCUT2D eigenvalue weighted by Gasteiger charge is -2.26. The molecule has 0 atom stereocenters. The zero-order valence-electron chi connectivity index (χ0n) is 12.4. The van der Waals surface area contributed by atoms with Crippen molar-refractivity contribution in [2.24, 2.45) is 0 Å². The summed E-state index contributed by atoms with van der Waals surface area (Å²) in [5, 5.41) is 3.57. The highest BCUT2D eigenvalue weighted by atomic mass is 35.5. The van der Waals surface area contributed by atoms with E-state index in [0.717, 1.165) is 25.9 Å². The number of likely N-dealkylation sites (tertiary alicyclic amines) is 1. The Balaban J connectivity index is 1.95. The molecule has 1 aromatic heterocycles. The van der Waals surface area contributed by atoms with E-state index in [4.69, 9.17) is 16.3 Å². The minimum Gasteiger partial charge on any atom is -0.380 e. The molecule has 1 aliphatic heterocycles. The molecule has 21 heavy (non-hydrogen) atoms. The van der Waals surface area contributed by atoms with Crippen LogP contribution in [0.4, 0.5) is 5.82 Å². The molecular weight excluding hydrogens is 290 g/mol. The predicted molar refractivity (Wildman–Crippen MR) is 84.0 cm³/mol. The predicted octanol–water partition coefficient (Wildman–Crippen LogP) is 2.81. The van der Waals surface area contributed by atoms with Gasteiger partial charge in [0.1, 0.15) is 5.82 Å². The zero-order chi connectivity index (χ0) is 15.1. The van der Waals surface area contributed by atoms with Crippen molar-refractivity contribution in [3.05, 3.63) is 22.8 Å². The molecule has 1 N–H and O–H groups in total. The van der Waals surface area contributed by atoms with Gasteiger partial charge in [-0.2, -0.15) is 0 Å². The third kappa shape index (κ3) is 4.58. The number of hydrogen-bond acceptors (Lipinski definition) is 4. The summed E-state index contributed by atoms with van der Waals surface area (Å²) in [6.07, 6.45) is 4.94. The number of aromatic nitrogens is 1. The van der Waals surface area contributed by atoms with Crippen molar-refractivity contribution in [1.29, 1.82) is 0 Å². The van der Waals surface area contributed by atoms with Gasteiger partial charge in [0.15, 0.2) is 0 Å². The number of amides is 1. The smallest absolute Gasteiger partial charge is 0.255 e. The lowest BCUT2D eigenvalue weighted by molar-refractivity contribution is 0.0724. The molecule has 1 aliphatic rings. The maximum Gasteiger partial charge on any atom is 0.255 e. The number of carbonyl (C=O) groups excluding carboxylic acids is 1. The number of nitrogens with zero attached hydrogens (tertiary/aromatic N) is 2. The van der Waals surface area contributed by atoms with E-state index in [9.17, 15) is 4.79 Å². The Labute approximate surface area is 130 Å². The molecule has 0 aromatic carbocycles. The van der Waals surface area contributed by atoms with Gasteiger partial charge in [-0.05, 0) is 32.3 Å². The molecule has 0 radical (unpaired) electrons. The summed E-state index contributed by atoms with van der Waals surface area (Å²) in [6, 6.07) is 1.69. The molecule has 1 saturated heterocycles. The van der Waals surface area contributed by atoms with Gasteiger partial charge in [-0.25, -0.2) is 4.98 Å². The monoisotopic (exact) mass is 311 g/mol. The maximum atomic E-state index is 12.3. The standard InChI is InChI=1S/C15H22ClN3O2/c1-2-21-9-6-17-14-13(16)10-12(11-18-14)15(20)19-7-4-3-5-8-19/h10-11H,2-9H2,1H3,(H,17,18). The Morgan fingerprint density at radius 3 is 2.86 bits per heavy atom. The number of anilines is 1. The largest absolute Gasteiger partial charge is 0.380 e. The van der Waals surface area contributed by atoms with Crippen LogP contribution < -0.4 is 5.32 Å². The van der Waals surface area contributed by atoms with Gasteiger partial charge in [0, 0.05) is 32.4 Å². The van der Waals surface area contributed by atoms with Gasteiger partial charge in [-0.1, -0.05) is 11.6 Å². The Morgan fingerprint density at radius 1 is 1.43 bits per heavy atom. The molecule has 0 spiro atoms. The molecule has 1 fully saturated rings. The number of hydrogen-bond donors (Lipinski definition) is 1. The van der Waals surface area contributed by atoms with Crippen LogP contribution in [0.25, 0.3) is 0 Å². The van der Waals surface area contributed by atoms with Crippen LogP contribution in [0.5, 0.6) is 0 Å². The molecule has 1 aromatic rings. The van der Waals surface area contributed by atoms with E-state index < -0.39 is 0 Å². The fourth-order valence-electron chi connectivity index (χ4n) is 2.35. The van der Waals surface area contributed by atoms with Crippen molar-refractivity contribution < 1.29 is 9.53 Å². The first-order valence-electron chi connectivity index (χ1n) is 7.49. The van der Waals surface area contributed by atoms with Crippen LogP contribution in [0.2, 0.25) is 5.02 Å². The Bertz CT molecular complexity index is 476. The third-order valence-electron chi connectivity index (χ3n) is 3.47. The van der Waals surface area contributed by atoms with Crippen molar-refractivity contribution in [3.63, 3.8) is 0 Å². The van der Waals surface area contributed by atoms with Gasteiger partial charge in [0.25, 0.3) is 5.91 Å². The topological polar surface area (TPSA) is 54.5 Å². The Kier molecular flexibility index (Phi) is 6.26. The SMILES string of the molecule is CCOCCNc1ncc(C(=O)N2CCCCC2)cc1Cl. The Morgan fingerprint density at radius 2 is 2.19 bits per heavy atom. The number of halogens is 1. The number of ether oxygens (including phenoxy) is 1. The van der Waals surface area contributed by atoms with Gasteiger partial charge in [0.2, 0.25) is 0 Å². The first-order chi connectivity index (χ1) is 10.2. The molecule has 116 valence electrons. The van der Waals surface area contributed by atoms with E-state index in [1.165, 1.54) is 6.42 Å². The first-order valence-corrected chi connectivity index (χ1v) is 7.86. The van der Waals surface area contributed by atoms with Gasteiger partial charge in [0.05, 0.1) is 17.2 Å². The molecule has 0 saturated carbocycles. The number of carbonyl (C=O) groups is 1. The molecule has 1 amide bonds. The summed E-state index contributed by atoms with van der Waals surface area (Å²) < 4.78 is 5.24. The van der Waals surface area contributed by atoms with Crippen molar-refractivity contribution in [3.8, 4) is 0 Å². The summed E-state index contributed by atoms with van der Waals surface area (Å²) in [7, 11) is 0. The van der Waals surface area contributed by atoms with E-state index >= 15 is 0 Å². The fourth-order valence-corrected chi connectivity index (χ4v) is 2.58. The molecule has 0 unspecified atom stereocenters. The van der Waals surface area contributed by atoms with Gasteiger partial charge in [-0.3, -0.25) is 4.79 Å². The van der Waals surface area contributed by atoms with Crippen molar-refractivity contribution in [2.75, 3.05) is 38.2 Å². The minimum absolute atomic E-state index is 0.0185. The lowest BCUT2D eigenvalue weighted by atomic mass is 10.1. The summed E-state index contributed by atoms with van der Waals surface area (Å²) in [5.74, 6) is 0.608. The van der Waals surface area contributed by atoms with Gasteiger partial charge >= 0.3 is 0 Å². The van der Waals surface area contributed by atoms with E-state index in [0.29, 0.717) is 36.2 Å². The van der Waals surface area contributed by atoms with Crippen LogP contribution in [-0.4, -0.2) is 48.6 Å². The minimum atomic E-state index is 0.0185. The van der Waals surface area contributed by atoms with Crippen LogP contribution in [0.15, 0.2) is 12.3 Å². The van der Waals surface area contributed by atoms with Crippen molar-refractivity contribution in [2.45, 2.75) is 26.2 Å². The molecule has 0 bridgehead atoms. The second-order valence-electron chi connectivity index (χ2n) is 5.03. The van der Waals surface area contributed by atoms with Crippen LogP contribution in [0.3, 0.4) is 0 Å². The van der Waals surface area contributed by atoms with Gasteiger partial charge in [-0.15, -0.1) is 0 Å². The summed E-state index contributed by atoms with van der Waals surface area (Å²) in [6.45, 7) is 5.52. The highest BCUT2D eigenvalue weighted by molar-refractivity contribution is 6.33. The highest BCUT2D eigenvalue weighted by Crippen LogP contribution is 2.21. The van der Waals surface area contributed by atoms with E-state index in [2.05, 4.69) is 10.3 Å². The molecule has 0 aliphatic carbocycles.